The van der Waals surface area contributed by atoms with Crippen LogP contribution in [0.5, 0.6) is 5.75 Å². The highest BCUT2D eigenvalue weighted by atomic mass is 16.3. The molecule has 1 spiro atoms. The van der Waals surface area contributed by atoms with Gasteiger partial charge in [-0.3, -0.25) is 4.90 Å². The Morgan fingerprint density at radius 1 is 1.00 bits per heavy atom. The molecule has 0 radical (unpaired) electrons. The highest BCUT2D eigenvalue weighted by Gasteiger charge is 2.38. The molecular weight excluding hydrogens is 298 g/mol. The number of aromatic hydroxyl groups is 1. The summed E-state index contributed by atoms with van der Waals surface area (Å²) in [6.45, 7) is 9.58. The standard InChI is InChI=1S/C16H23NO.C2H6.CH2O.2CH4/c18-15-6-4-14(5-7-15)12-17-11-10-16(13-17)8-2-1-3-9-16;2*1-2;;/h4-7,18H,1-3,8-13H2;1-2H3;1H2;2*1H4. The van der Waals surface area contributed by atoms with E-state index >= 15 is 0 Å². The van der Waals surface area contributed by atoms with Crippen LogP contribution >= 0.6 is 0 Å². The molecule has 0 amide bonds. The normalized spacial score (nSPS) is 18.1. The van der Waals surface area contributed by atoms with E-state index in [2.05, 4.69) is 4.90 Å². The minimum atomic E-state index is 0. The van der Waals surface area contributed by atoms with Crippen LogP contribution in [0.15, 0.2) is 24.3 Å². The fourth-order valence-corrected chi connectivity index (χ4v) is 3.73. The van der Waals surface area contributed by atoms with Crippen LogP contribution in [0, 0.1) is 5.41 Å². The van der Waals surface area contributed by atoms with Crippen LogP contribution < -0.4 is 0 Å². The molecule has 1 aromatic rings. The Labute approximate surface area is 150 Å². The van der Waals surface area contributed by atoms with Gasteiger partial charge in [-0.15, -0.1) is 0 Å². The Bertz CT molecular complexity index is 410. The second-order valence-electron chi connectivity index (χ2n) is 6.19. The van der Waals surface area contributed by atoms with Crippen molar-refractivity contribution in [2.24, 2.45) is 5.41 Å². The fourth-order valence-electron chi connectivity index (χ4n) is 3.73. The Morgan fingerprint density at radius 3 is 2.08 bits per heavy atom. The topological polar surface area (TPSA) is 40.5 Å². The van der Waals surface area contributed by atoms with E-state index in [0.717, 1.165) is 6.54 Å². The minimum Gasteiger partial charge on any atom is -0.508 e. The summed E-state index contributed by atoms with van der Waals surface area (Å²) in [6.07, 6.45) is 8.60. The summed E-state index contributed by atoms with van der Waals surface area (Å²) in [4.78, 5) is 10.6. The van der Waals surface area contributed by atoms with Crippen LogP contribution in [-0.4, -0.2) is 29.9 Å². The van der Waals surface area contributed by atoms with Crippen molar-refractivity contribution in [3.63, 3.8) is 0 Å². The number of nitrogens with zero attached hydrogens (tertiary/aromatic N) is 1. The molecule has 2 fully saturated rings. The molecule has 1 saturated carbocycles. The lowest BCUT2D eigenvalue weighted by atomic mass is 9.73. The Balaban J connectivity index is 0. The summed E-state index contributed by atoms with van der Waals surface area (Å²) >= 11 is 0. The lowest BCUT2D eigenvalue weighted by Crippen LogP contribution is -2.28. The zero-order valence-corrected chi connectivity index (χ0v) is 14.2. The van der Waals surface area contributed by atoms with E-state index in [1.54, 1.807) is 12.1 Å². The zero-order valence-electron chi connectivity index (χ0n) is 14.2. The molecular formula is C21H39NO2. The molecule has 3 heteroatoms. The van der Waals surface area contributed by atoms with Gasteiger partial charge in [-0.05, 0) is 48.9 Å². The van der Waals surface area contributed by atoms with Gasteiger partial charge in [-0.2, -0.15) is 0 Å². The summed E-state index contributed by atoms with van der Waals surface area (Å²) in [5, 5.41) is 9.30. The quantitative estimate of drug-likeness (QED) is 0.756. The molecule has 1 heterocycles. The summed E-state index contributed by atoms with van der Waals surface area (Å²) < 4.78 is 0. The van der Waals surface area contributed by atoms with Gasteiger partial charge in [0.15, 0.2) is 0 Å². The number of phenols is 1. The van der Waals surface area contributed by atoms with Crippen LogP contribution in [0.3, 0.4) is 0 Å². The second-order valence-corrected chi connectivity index (χ2v) is 6.19. The van der Waals surface area contributed by atoms with Gasteiger partial charge in [0.1, 0.15) is 12.5 Å². The predicted octanol–water partition coefficient (Wildman–Crippen LogP) is 5.66. The number of carbonyl (C=O) groups is 1. The maximum absolute atomic E-state index is 9.30. The van der Waals surface area contributed by atoms with Crippen molar-refractivity contribution in [3.05, 3.63) is 29.8 Å². The van der Waals surface area contributed by atoms with Crippen molar-refractivity contribution in [1.29, 1.82) is 0 Å². The molecule has 140 valence electrons. The minimum absolute atomic E-state index is 0. The summed E-state index contributed by atoms with van der Waals surface area (Å²) in [7, 11) is 0. The first kappa shape index (κ1) is 24.9. The van der Waals surface area contributed by atoms with Crippen molar-refractivity contribution in [2.75, 3.05) is 13.1 Å². The number of phenolic OH excluding ortho intramolecular Hbond substituents is 1. The Kier molecular flexibility index (Phi) is 13.5. The molecule has 1 aliphatic heterocycles. The Morgan fingerprint density at radius 2 is 1.54 bits per heavy atom. The maximum Gasteiger partial charge on any atom is 0.115 e. The Hall–Kier alpha value is -1.35. The highest BCUT2D eigenvalue weighted by Crippen LogP contribution is 2.43. The number of carbonyl (C=O) groups excluding carboxylic acids is 1. The molecule has 1 aliphatic carbocycles. The van der Waals surface area contributed by atoms with Crippen LogP contribution in [0.4, 0.5) is 0 Å². The SMILES string of the molecule is C.C.C=O.CC.Oc1ccc(CN2CCC3(CCCCC3)C2)cc1. The number of hydrogen-bond acceptors (Lipinski definition) is 3. The number of rotatable bonds is 2. The smallest absolute Gasteiger partial charge is 0.115 e. The fraction of sp³-hybridized carbons (Fsp3) is 0.667. The van der Waals surface area contributed by atoms with Crippen LogP contribution in [-0.2, 0) is 11.3 Å². The monoisotopic (exact) mass is 337 g/mol. The molecule has 0 aromatic heterocycles. The van der Waals surface area contributed by atoms with Crippen LogP contribution in [0.2, 0.25) is 0 Å². The van der Waals surface area contributed by atoms with Gasteiger partial charge < -0.3 is 9.90 Å². The van der Waals surface area contributed by atoms with Crippen molar-refractivity contribution < 1.29 is 9.90 Å². The molecule has 3 nitrogen and oxygen atoms in total. The third kappa shape index (κ3) is 7.04. The lowest BCUT2D eigenvalue weighted by Gasteiger charge is -2.33. The molecule has 2 aliphatic rings. The first-order valence-corrected chi connectivity index (χ1v) is 8.55. The van der Waals surface area contributed by atoms with Gasteiger partial charge in [0, 0.05) is 13.1 Å². The largest absolute Gasteiger partial charge is 0.508 e. The molecule has 1 N–H and O–H groups in total. The van der Waals surface area contributed by atoms with E-state index in [9.17, 15) is 5.11 Å². The van der Waals surface area contributed by atoms with E-state index < -0.39 is 0 Å². The van der Waals surface area contributed by atoms with Gasteiger partial charge in [0.05, 0.1) is 0 Å². The van der Waals surface area contributed by atoms with E-state index in [0.29, 0.717) is 11.2 Å². The van der Waals surface area contributed by atoms with Gasteiger partial charge in [-0.1, -0.05) is 60.1 Å². The molecule has 1 saturated heterocycles. The van der Waals surface area contributed by atoms with Gasteiger partial charge in [-0.25, -0.2) is 0 Å². The molecule has 24 heavy (non-hydrogen) atoms. The maximum atomic E-state index is 9.30. The highest BCUT2D eigenvalue weighted by molar-refractivity contribution is 5.25. The average molecular weight is 338 g/mol. The number of hydrogen-bond donors (Lipinski definition) is 1. The van der Waals surface area contributed by atoms with E-state index in [4.69, 9.17) is 4.79 Å². The van der Waals surface area contributed by atoms with E-state index in [-0.39, 0.29) is 14.9 Å². The number of likely N-dealkylation sites (tertiary alicyclic amines) is 1. The van der Waals surface area contributed by atoms with Gasteiger partial charge in [0.2, 0.25) is 0 Å². The molecule has 1 aromatic carbocycles. The lowest BCUT2D eigenvalue weighted by molar-refractivity contribution is -0.0979. The molecule has 3 rings (SSSR count). The molecule has 0 bridgehead atoms. The first-order chi connectivity index (χ1) is 10.8. The van der Waals surface area contributed by atoms with E-state index in [1.807, 2.05) is 32.8 Å². The summed E-state index contributed by atoms with van der Waals surface area (Å²) in [5.41, 5.74) is 1.97. The van der Waals surface area contributed by atoms with Gasteiger partial charge >= 0.3 is 0 Å². The third-order valence-corrected chi connectivity index (χ3v) is 4.77. The van der Waals surface area contributed by atoms with Crippen molar-refractivity contribution in [1.82, 2.24) is 4.90 Å². The first-order valence-electron chi connectivity index (χ1n) is 8.55. The van der Waals surface area contributed by atoms with Crippen LogP contribution in [0.25, 0.3) is 0 Å². The molecule has 0 unspecified atom stereocenters. The summed E-state index contributed by atoms with van der Waals surface area (Å²) in [5.74, 6) is 0.365. The second kappa shape index (κ2) is 13.0. The van der Waals surface area contributed by atoms with E-state index in [1.165, 1.54) is 57.2 Å². The van der Waals surface area contributed by atoms with Crippen LogP contribution in [0.1, 0.15) is 72.8 Å². The zero-order chi connectivity index (χ0) is 16.4. The predicted molar refractivity (Wildman–Crippen MR) is 105 cm³/mol. The van der Waals surface area contributed by atoms with Crippen molar-refractivity contribution in [2.45, 2.75) is 73.8 Å². The van der Waals surface area contributed by atoms with Crippen molar-refractivity contribution >= 4 is 6.79 Å². The average Bonchev–Trinajstić information content (AvgIpc) is 2.96. The summed E-state index contributed by atoms with van der Waals surface area (Å²) in [6, 6.07) is 7.67. The van der Waals surface area contributed by atoms with Crippen molar-refractivity contribution in [3.8, 4) is 5.75 Å². The molecule has 0 atom stereocenters. The third-order valence-electron chi connectivity index (χ3n) is 4.77. The van der Waals surface area contributed by atoms with Gasteiger partial charge in [0.25, 0.3) is 0 Å². The number of benzene rings is 1.